The van der Waals surface area contributed by atoms with Gasteiger partial charge in [-0.2, -0.15) is 0 Å². The average molecular weight is 240 g/mol. The van der Waals surface area contributed by atoms with Gasteiger partial charge in [-0.1, -0.05) is 33.6 Å². The van der Waals surface area contributed by atoms with Crippen LogP contribution in [0.5, 0.6) is 0 Å². The normalized spacial score (nSPS) is 25.8. The van der Waals surface area contributed by atoms with Gasteiger partial charge in [-0.05, 0) is 57.8 Å². The van der Waals surface area contributed by atoms with Crippen molar-refractivity contribution in [1.82, 2.24) is 10.2 Å². The lowest BCUT2D eigenvalue weighted by Gasteiger charge is -2.34. The Balaban J connectivity index is 2.05. The van der Waals surface area contributed by atoms with E-state index in [9.17, 15) is 0 Å². The smallest absolute Gasteiger partial charge is 0.00947 e. The van der Waals surface area contributed by atoms with Gasteiger partial charge in [0.15, 0.2) is 0 Å². The average Bonchev–Trinajstić information content (AvgIpc) is 2.28. The maximum absolute atomic E-state index is 3.53. The summed E-state index contributed by atoms with van der Waals surface area (Å²) >= 11 is 0. The monoisotopic (exact) mass is 240 g/mol. The number of nitrogens with zero attached hydrogens (tertiary/aromatic N) is 1. The minimum absolute atomic E-state index is 0.770. The molecule has 2 nitrogen and oxygen atoms in total. The summed E-state index contributed by atoms with van der Waals surface area (Å²) < 4.78 is 0. The van der Waals surface area contributed by atoms with Gasteiger partial charge in [-0.3, -0.25) is 0 Å². The predicted octanol–water partition coefficient (Wildman–Crippen LogP) is 3.13. The summed E-state index contributed by atoms with van der Waals surface area (Å²) in [6.07, 6.45) is 6.99. The SMILES string of the molecule is CC(C)CNCCCN(C)C1CCCC(C)C1. The topological polar surface area (TPSA) is 15.3 Å². The molecule has 0 amide bonds. The molecule has 1 aliphatic carbocycles. The van der Waals surface area contributed by atoms with E-state index in [0.29, 0.717) is 0 Å². The van der Waals surface area contributed by atoms with E-state index in [-0.39, 0.29) is 0 Å². The molecule has 0 aliphatic heterocycles. The predicted molar refractivity (Wildman–Crippen MR) is 76.4 cm³/mol. The quantitative estimate of drug-likeness (QED) is 0.688. The number of hydrogen-bond acceptors (Lipinski definition) is 2. The Morgan fingerprint density at radius 3 is 2.71 bits per heavy atom. The van der Waals surface area contributed by atoms with Crippen molar-refractivity contribution in [3.63, 3.8) is 0 Å². The number of rotatable bonds is 7. The number of nitrogens with one attached hydrogen (secondary N) is 1. The maximum Gasteiger partial charge on any atom is 0.00947 e. The highest BCUT2D eigenvalue weighted by Crippen LogP contribution is 2.26. The van der Waals surface area contributed by atoms with Crippen molar-refractivity contribution < 1.29 is 0 Å². The van der Waals surface area contributed by atoms with E-state index >= 15 is 0 Å². The zero-order valence-electron chi connectivity index (χ0n) is 12.3. The highest BCUT2D eigenvalue weighted by Gasteiger charge is 2.21. The Morgan fingerprint density at radius 1 is 1.29 bits per heavy atom. The first kappa shape index (κ1) is 15.0. The molecule has 0 bridgehead atoms. The van der Waals surface area contributed by atoms with Crippen molar-refractivity contribution in [3.8, 4) is 0 Å². The summed E-state index contributed by atoms with van der Waals surface area (Å²) in [6, 6.07) is 0.851. The van der Waals surface area contributed by atoms with E-state index in [0.717, 1.165) is 24.4 Å². The van der Waals surface area contributed by atoms with Gasteiger partial charge in [-0.25, -0.2) is 0 Å². The Bertz CT molecular complexity index is 191. The lowest BCUT2D eigenvalue weighted by Crippen LogP contribution is -2.37. The molecule has 102 valence electrons. The summed E-state index contributed by atoms with van der Waals surface area (Å²) in [5.74, 6) is 1.71. The van der Waals surface area contributed by atoms with Crippen molar-refractivity contribution >= 4 is 0 Å². The third-order valence-corrected chi connectivity index (χ3v) is 3.95. The minimum Gasteiger partial charge on any atom is -0.316 e. The lowest BCUT2D eigenvalue weighted by molar-refractivity contribution is 0.162. The lowest BCUT2D eigenvalue weighted by atomic mass is 9.86. The van der Waals surface area contributed by atoms with Gasteiger partial charge in [0.25, 0.3) is 0 Å². The molecular formula is C15H32N2. The highest BCUT2D eigenvalue weighted by molar-refractivity contribution is 4.77. The summed E-state index contributed by atoms with van der Waals surface area (Å²) in [5.41, 5.74) is 0. The first-order chi connectivity index (χ1) is 8.09. The Hall–Kier alpha value is -0.0800. The van der Waals surface area contributed by atoms with E-state index < -0.39 is 0 Å². The van der Waals surface area contributed by atoms with E-state index in [1.807, 2.05) is 0 Å². The molecule has 2 heteroatoms. The van der Waals surface area contributed by atoms with Crippen LogP contribution in [0, 0.1) is 11.8 Å². The fourth-order valence-electron chi connectivity index (χ4n) is 2.83. The van der Waals surface area contributed by atoms with E-state index in [1.165, 1.54) is 45.2 Å². The Labute approximate surface area is 108 Å². The van der Waals surface area contributed by atoms with Crippen molar-refractivity contribution in [2.45, 2.75) is 58.9 Å². The number of hydrogen-bond donors (Lipinski definition) is 1. The van der Waals surface area contributed by atoms with Crippen LogP contribution in [0.3, 0.4) is 0 Å². The Morgan fingerprint density at radius 2 is 2.06 bits per heavy atom. The van der Waals surface area contributed by atoms with Crippen molar-refractivity contribution in [2.75, 3.05) is 26.7 Å². The molecule has 1 fully saturated rings. The van der Waals surface area contributed by atoms with Crippen molar-refractivity contribution in [2.24, 2.45) is 11.8 Å². The molecule has 0 spiro atoms. The van der Waals surface area contributed by atoms with Gasteiger partial charge >= 0.3 is 0 Å². The van der Waals surface area contributed by atoms with Crippen LogP contribution in [-0.2, 0) is 0 Å². The molecule has 1 N–H and O–H groups in total. The second-order valence-electron chi connectivity index (χ2n) is 6.36. The van der Waals surface area contributed by atoms with Gasteiger partial charge in [-0.15, -0.1) is 0 Å². The molecule has 0 aromatic rings. The van der Waals surface area contributed by atoms with Crippen molar-refractivity contribution in [3.05, 3.63) is 0 Å². The van der Waals surface area contributed by atoms with Crippen molar-refractivity contribution in [1.29, 1.82) is 0 Å². The first-order valence-corrected chi connectivity index (χ1v) is 7.50. The molecule has 0 radical (unpaired) electrons. The van der Waals surface area contributed by atoms with E-state index in [2.05, 4.69) is 38.0 Å². The molecule has 2 unspecified atom stereocenters. The Kier molecular flexibility index (Phi) is 7.14. The standard InChI is InChI=1S/C15H32N2/c1-13(2)12-16-9-6-10-17(4)15-8-5-7-14(3)11-15/h13-16H,5-12H2,1-4H3. The van der Waals surface area contributed by atoms with Crippen LogP contribution in [0.2, 0.25) is 0 Å². The fraction of sp³-hybridized carbons (Fsp3) is 1.00. The highest BCUT2D eigenvalue weighted by atomic mass is 15.1. The fourth-order valence-corrected chi connectivity index (χ4v) is 2.83. The summed E-state index contributed by atoms with van der Waals surface area (Å²) in [7, 11) is 2.31. The largest absolute Gasteiger partial charge is 0.316 e. The molecule has 1 rings (SSSR count). The summed E-state index contributed by atoms with van der Waals surface area (Å²) in [5, 5.41) is 3.53. The zero-order chi connectivity index (χ0) is 12.7. The van der Waals surface area contributed by atoms with Gasteiger partial charge in [0.2, 0.25) is 0 Å². The van der Waals surface area contributed by atoms with Gasteiger partial charge < -0.3 is 10.2 Å². The van der Waals surface area contributed by atoms with Gasteiger partial charge in [0.05, 0.1) is 0 Å². The van der Waals surface area contributed by atoms with Gasteiger partial charge in [0, 0.05) is 6.04 Å². The van der Waals surface area contributed by atoms with Crippen LogP contribution < -0.4 is 5.32 Å². The molecule has 1 saturated carbocycles. The molecule has 0 saturated heterocycles. The van der Waals surface area contributed by atoms with E-state index in [1.54, 1.807) is 0 Å². The molecule has 2 atom stereocenters. The molecule has 1 aliphatic rings. The van der Waals surface area contributed by atoms with Crippen LogP contribution in [0.15, 0.2) is 0 Å². The van der Waals surface area contributed by atoms with Gasteiger partial charge in [0.1, 0.15) is 0 Å². The molecule has 0 aromatic carbocycles. The minimum atomic E-state index is 0.770. The van der Waals surface area contributed by atoms with Crippen LogP contribution in [0.25, 0.3) is 0 Å². The molecule has 0 aromatic heterocycles. The van der Waals surface area contributed by atoms with Crippen LogP contribution in [-0.4, -0.2) is 37.6 Å². The second kappa shape index (κ2) is 8.10. The van der Waals surface area contributed by atoms with Crippen LogP contribution >= 0.6 is 0 Å². The first-order valence-electron chi connectivity index (χ1n) is 7.50. The molecular weight excluding hydrogens is 208 g/mol. The summed E-state index contributed by atoms with van der Waals surface area (Å²) in [4.78, 5) is 2.59. The van der Waals surface area contributed by atoms with E-state index in [4.69, 9.17) is 0 Å². The molecule has 0 heterocycles. The maximum atomic E-state index is 3.53. The zero-order valence-corrected chi connectivity index (χ0v) is 12.3. The molecule has 17 heavy (non-hydrogen) atoms. The third kappa shape index (κ3) is 6.42. The van der Waals surface area contributed by atoms with Crippen LogP contribution in [0.1, 0.15) is 52.9 Å². The summed E-state index contributed by atoms with van der Waals surface area (Å²) in [6.45, 7) is 10.5. The van der Waals surface area contributed by atoms with Crippen LogP contribution in [0.4, 0.5) is 0 Å². The third-order valence-electron chi connectivity index (χ3n) is 3.95. The second-order valence-corrected chi connectivity index (χ2v) is 6.36.